The van der Waals surface area contributed by atoms with Crippen molar-refractivity contribution in [2.24, 2.45) is 5.73 Å². The topological polar surface area (TPSA) is 132 Å². The summed E-state index contributed by atoms with van der Waals surface area (Å²) in [6, 6.07) is 9.65. The number of nitrogens with two attached hydrogens (primary N) is 1. The summed E-state index contributed by atoms with van der Waals surface area (Å²) in [6.07, 6.45) is -6.76. The van der Waals surface area contributed by atoms with Crippen molar-refractivity contribution in [1.82, 2.24) is 9.97 Å². The Morgan fingerprint density at radius 3 is 2.36 bits per heavy atom. The molecule has 0 aliphatic carbocycles. The molecule has 2 unspecified atom stereocenters. The molecule has 0 radical (unpaired) electrons. The van der Waals surface area contributed by atoms with Crippen LogP contribution in [0, 0.1) is 0 Å². The number of hydrogen-bond acceptors (Lipinski definition) is 7. The van der Waals surface area contributed by atoms with E-state index in [4.69, 9.17) is 27.2 Å². The van der Waals surface area contributed by atoms with Gasteiger partial charge in [0.15, 0.2) is 0 Å². The fourth-order valence-corrected chi connectivity index (χ4v) is 5.02. The number of rotatable bonds is 8. The van der Waals surface area contributed by atoms with E-state index in [-0.39, 0.29) is 21.7 Å². The molecular formula is C22H20AsClF3N3O5S. The van der Waals surface area contributed by atoms with Gasteiger partial charge in [-0.2, -0.15) is 0 Å². The fourth-order valence-electron chi connectivity index (χ4n) is 3.28. The fraction of sp³-hybridized carbons (Fsp3) is 0.227. The Labute approximate surface area is 218 Å². The van der Waals surface area contributed by atoms with Crippen molar-refractivity contribution in [3.05, 3.63) is 64.7 Å². The van der Waals surface area contributed by atoms with E-state index in [9.17, 15) is 26.4 Å². The number of halogens is 4. The van der Waals surface area contributed by atoms with Crippen LogP contribution in [0.4, 0.5) is 13.2 Å². The minimum absolute atomic E-state index is 0.0456. The average molecular weight is 606 g/mol. The van der Waals surface area contributed by atoms with Crippen LogP contribution >= 0.6 is 11.6 Å². The molecule has 0 amide bonds. The molecule has 0 spiro atoms. The summed E-state index contributed by atoms with van der Waals surface area (Å²) in [5, 5.41) is 8.90. The molecule has 0 bridgehead atoms. The number of carbonyl (C=O) groups is 1. The third-order valence-electron chi connectivity index (χ3n) is 4.94. The predicted molar refractivity (Wildman–Crippen MR) is 129 cm³/mol. The zero-order valence-electron chi connectivity index (χ0n) is 18.5. The minimum atomic E-state index is -4.98. The van der Waals surface area contributed by atoms with E-state index in [1.807, 2.05) is 0 Å². The van der Waals surface area contributed by atoms with Crippen LogP contribution in [-0.2, 0) is 21.1 Å². The van der Waals surface area contributed by atoms with E-state index in [0.29, 0.717) is 11.1 Å². The number of sulfone groups is 1. The molecule has 192 valence electrons. The number of aromatic nitrogens is 2. The molecule has 0 saturated heterocycles. The second kappa shape index (κ2) is 10.8. The summed E-state index contributed by atoms with van der Waals surface area (Å²) in [5.41, 5.74) is 6.33. The number of hydrogen-bond donors (Lipinski definition) is 2. The first-order valence-corrected chi connectivity index (χ1v) is 13.6. The van der Waals surface area contributed by atoms with Crippen LogP contribution in [0.15, 0.2) is 53.4 Å². The van der Waals surface area contributed by atoms with Crippen molar-refractivity contribution in [3.63, 3.8) is 0 Å². The Balaban J connectivity index is 1.99. The molecule has 3 atom stereocenters. The van der Waals surface area contributed by atoms with Crippen LogP contribution in [0.3, 0.4) is 0 Å². The van der Waals surface area contributed by atoms with Crippen LogP contribution in [0.2, 0.25) is 5.02 Å². The number of benzene rings is 2. The van der Waals surface area contributed by atoms with E-state index in [1.165, 1.54) is 6.07 Å². The van der Waals surface area contributed by atoms with Crippen LogP contribution in [0.1, 0.15) is 17.2 Å². The Morgan fingerprint density at radius 1 is 1.17 bits per heavy atom. The number of alkyl halides is 3. The average Bonchev–Trinajstić information content (AvgIpc) is 2.76. The van der Waals surface area contributed by atoms with Gasteiger partial charge < -0.3 is 0 Å². The molecule has 2 aromatic carbocycles. The molecule has 36 heavy (non-hydrogen) atoms. The Kier molecular flexibility index (Phi) is 8.34. The van der Waals surface area contributed by atoms with E-state index in [2.05, 4.69) is 9.97 Å². The standard InChI is InChI=1S/C22H20AsClF3N3O5S/c1-36(33,34)17-9-13(24)6-7-14(17)19(22(25,26)27)35-18-10-16(29-21(23)30-18)12-4-2-11(3-5-12)8-15(28)20(31)32/h2-7,9-10,15,19H,8,23,28H2,1H3,(H,31,32)/t15-,19?/m0/s1. The Hall–Kier alpha value is -2.66. The van der Waals surface area contributed by atoms with Gasteiger partial charge in [-0.05, 0) is 0 Å². The third-order valence-corrected chi connectivity index (χ3v) is 6.87. The van der Waals surface area contributed by atoms with Gasteiger partial charge in [0.1, 0.15) is 0 Å². The van der Waals surface area contributed by atoms with Gasteiger partial charge in [0.25, 0.3) is 0 Å². The van der Waals surface area contributed by atoms with Crippen LogP contribution in [0.5, 0.6) is 5.88 Å². The molecule has 3 N–H and O–H groups in total. The van der Waals surface area contributed by atoms with Gasteiger partial charge in [0.05, 0.1) is 0 Å². The molecule has 0 saturated carbocycles. The maximum absolute atomic E-state index is 14.0. The van der Waals surface area contributed by atoms with E-state index < -0.39 is 50.5 Å². The number of carboxylic acid groups (broad SMARTS) is 1. The van der Waals surface area contributed by atoms with E-state index in [0.717, 1.165) is 41.3 Å². The quantitative estimate of drug-likeness (QED) is 0.373. The molecule has 14 heteroatoms. The predicted octanol–water partition coefficient (Wildman–Crippen LogP) is 2.10. The molecular weight excluding hydrogens is 586 g/mol. The van der Waals surface area contributed by atoms with Gasteiger partial charge in [-0.15, -0.1) is 0 Å². The summed E-state index contributed by atoms with van der Waals surface area (Å²) < 4.78 is 71.9. The van der Waals surface area contributed by atoms with Gasteiger partial charge in [-0.3, -0.25) is 0 Å². The molecule has 0 aliphatic rings. The van der Waals surface area contributed by atoms with Crippen molar-refractivity contribution in [2.45, 2.75) is 29.6 Å². The van der Waals surface area contributed by atoms with Crippen molar-refractivity contribution in [2.75, 3.05) is 6.26 Å². The summed E-state index contributed by atoms with van der Waals surface area (Å²) in [6.45, 7) is 0. The van der Waals surface area contributed by atoms with Crippen LogP contribution in [-0.4, -0.2) is 64.8 Å². The van der Waals surface area contributed by atoms with Crippen LogP contribution < -0.4 is 15.1 Å². The SMILES string of the molecule is CS(=O)(=O)c1cc(Cl)ccc1C(Oc1cc(-c2ccc(C[C@H](N)C(=O)O)cc2)nc([AsH2])n1)C(F)(F)F. The summed E-state index contributed by atoms with van der Waals surface area (Å²) in [4.78, 5) is 18.6. The molecule has 0 aliphatic heterocycles. The van der Waals surface area contributed by atoms with Crippen molar-refractivity contribution < 1.29 is 36.2 Å². The first kappa shape index (κ1) is 27.9. The summed E-state index contributed by atoms with van der Waals surface area (Å²) in [5.74, 6) is -1.55. The number of aliphatic carboxylic acids is 1. The van der Waals surface area contributed by atoms with Crippen molar-refractivity contribution in [3.8, 4) is 17.1 Å². The monoisotopic (exact) mass is 605 g/mol. The van der Waals surface area contributed by atoms with E-state index in [1.54, 1.807) is 24.3 Å². The molecule has 8 nitrogen and oxygen atoms in total. The molecule has 3 aromatic rings. The van der Waals surface area contributed by atoms with E-state index >= 15 is 0 Å². The Bertz CT molecular complexity index is 1390. The van der Waals surface area contributed by atoms with Crippen molar-refractivity contribution in [1.29, 1.82) is 0 Å². The summed E-state index contributed by atoms with van der Waals surface area (Å²) in [7, 11) is -4.07. The number of nitrogens with zero attached hydrogens (tertiary/aromatic N) is 2. The van der Waals surface area contributed by atoms with Gasteiger partial charge in [0.2, 0.25) is 0 Å². The van der Waals surface area contributed by atoms with Gasteiger partial charge in [0, 0.05) is 0 Å². The summed E-state index contributed by atoms with van der Waals surface area (Å²) >= 11 is 6.76. The molecule has 3 rings (SSSR count). The number of ether oxygens (including phenoxy) is 1. The first-order chi connectivity index (χ1) is 16.6. The zero-order valence-corrected chi connectivity index (χ0v) is 22.5. The molecule has 0 fully saturated rings. The van der Waals surface area contributed by atoms with Crippen LogP contribution in [0.25, 0.3) is 11.3 Å². The first-order valence-electron chi connectivity index (χ1n) is 10.1. The maximum atomic E-state index is 14.0. The second-order valence-electron chi connectivity index (χ2n) is 7.79. The van der Waals surface area contributed by atoms with Gasteiger partial charge in [-0.1, -0.05) is 0 Å². The van der Waals surface area contributed by atoms with Gasteiger partial charge in [-0.25, -0.2) is 0 Å². The molecule has 1 heterocycles. The van der Waals surface area contributed by atoms with Crippen molar-refractivity contribution >= 4 is 48.9 Å². The Morgan fingerprint density at radius 2 is 1.81 bits per heavy atom. The van der Waals surface area contributed by atoms with Gasteiger partial charge >= 0.3 is 219 Å². The molecule has 1 aromatic heterocycles. The number of carboxylic acids is 1. The zero-order chi connectivity index (χ0) is 26.8. The normalized spacial score (nSPS) is 13.8. The second-order valence-corrected chi connectivity index (χ2v) is 11.3. The third kappa shape index (κ3) is 6.97.